The van der Waals surface area contributed by atoms with Crippen LogP contribution in [0.15, 0.2) is 12.1 Å². The van der Waals surface area contributed by atoms with Crippen molar-refractivity contribution in [2.75, 3.05) is 0 Å². The first-order valence-corrected chi connectivity index (χ1v) is 17.4. The number of nitriles is 2. The van der Waals surface area contributed by atoms with E-state index in [2.05, 4.69) is 38.1 Å². The summed E-state index contributed by atoms with van der Waals surface area (Å²) in [6, 6.07) is 9.34. The molecule has 2 heterocycles. The van der Waals surface area contributed by atoms with Crippen LogP contribution in [0.3, 0.4) is 0 Å². The van der Waals surface area contributed by atoms with Crippen molar-refractivity contribution >= 4 is 22.7 Å². The molecule has 0 spiro atoms. The molecule has 0 bridgehead atoms. The molecule has 0 unspecified atom stereocenters. The third kappa shape index (κ3) is 13.0. The van der Waals surface area contributed by atoms with E-state index in [0.29, 0.717) is 0 Å². The van der Waals surface area contributed by atoms with Crippen molar-refractivity contribution in [3.8, 4) is 21.9 Å². The van der Waals surface area contributed by atoms with E-state index in [1.54, 1.807) is 22.7 Å². The fourth-order valence-corrected chi connectivity index (χ4v) is 7.35. The molecule has 2 aromatic heterocycles. The molecule has 210 valence electrons. The Bertz CT molecular complexity index is 878. The zero-order valence-corrected chi connectivity index (χ0v) is 26.1. The Morgan fingerprint density at radius 2 is 0.763 bits per heavy atom. The van der Waals surface area contributed by atoms with Crippen molar-refractivity contribution in [1.29, 1.82) is 10.5 Å². The predicted molar refractivity (Wildman–Crippen MR) is 168 cm³/mol. The lowest BCUT2D eigenvalue weighted by atomic mass is 10.0. The molecule has 0 amide bonds. The summed E-state index contributed by atoms with van der Waals surface area (Å²) in [5, 5.41) is 19.4. The molecule has 0 N–H and O–H groups in total. The number of hydrogen-bond acceptors (Lipinski definition) is 4. The van der Waals surface area contributed by atoms with Gasteiger partial charge in [-0.15, -0.1) is 22.7 Å². The third-order valence-electron chi connectivity index (χ3n) is 7.66. The second kappa shape index (κ2) is 21.2. The van der Waals surface area contributed by atoms with E-state index in [-0.39, 0.29) is 0 Å². The minimum atomic E-state index is 0.860. The molecule has 0 aliphatic heterocycles. The standard InChI is InChI=1S/C34H52N2S2/c1-3-5-7-9-11-13-15-17-19-21-23-29-25-31(37-33(29)27-35)32-26-30(34(28-36)38-32)24-22-20-18-16-14-12-10-8-6-4-2/h25-26H,3-24H2,1-2H3. The summed E-state index contributed by atoms with van der Waals surface area (Å²) < 4.78 is 0. The van der Waals surface area contributed by atoms with E-state index in [4.69, 9.17) is 0 Å². The Hall–Kier alpha value is -1.62. The van der Waals surface area contributed by atoms with Crippen LogP contribution >= 0.6 is 22.7 Å². The largest absolute Gasteiger partial charge is 0.192 e. The minimum Gasteiger partial charge on any atom is -0.192 e. The van der Waals surface area contributed by atoms with E-state index in [9.17, 15) is 10.5 Å². The summed E-state index contributed by atoms with van der Waals surface area (Å²) in [6.45, 7) is 4.55. The molecule has 0 aromatic carbocycles. The van der Waals surface area contributed by atoms with Crippen molar-refractivity contribution in [2.24, 2.45) is 0 Å². The molecule has 0 radical (unpaired) electrons. The highest BCUT2D eigenvalue weighted by Gasteiger charge is 2.15. The molecule has 38 heavy (non-hydrogen) atoms. The van der Waals surface area contributed by atoms with Crippen molar-refractivity contribution in [3.63, 3.8) is 0 Å². The molecule has 0 atom stereocenters. The van der Waals surface area contributed by atoms with Crippen LogP contribution in [0.2, 0.25) is 0 Å². The Labute approximate surface area is 242 Å². The van der Waals surface area contributed by atoms with E-state index in [0.717, 1.165) is 22.6 Å². The van der Waals surface area contributed by atoms with Gasteiger partial charge in [-0.3, -0.25) is 0 Å². The van der Waals surface area contributed by atoms with Crippen LogP contribution in [0.1, 0.15) is 163 Å². The van der Waals surface area contributed by atoms with Crippen LogP contribution in [0.5, 0.6) is 0 Å². The molecule has 0 saturated heterocycles. The van der Waals surface area contributed by atoms with Gasteiger partial charge >= 0.3 is 0 Å². The van der Waals surface area contributed by atoms with E-state index in [1.165, 1.54) is 149 Å². The van der Waals surface area contributed by atoms with Gasteiger partial charge in [0, 0.05) is 9.75 Å². The van der Waals surface area contributed by atoms with Gasteiger partial charge in [-0.1, -0.05) is 129 Å². The van der Waals surface area contributed by atoms with Crippen LogP contribution in [-0.4, -0.2) is 0 Å². The number of hydrogen-bond donors (Lipinski definition) is 0. The average Bonchev–Trinajstić information content (AvgIpc) is 3.54. The smallest absolute Gasteiger partial charge is 0.110 e. The van der Waals surface area contributed by atoms with Crippen LogP contribution < -0.4 is 0 Å². The third-order valence-corrected chi connectivity index (χ3v) is 10.0. The predicted octanol–water partition coefficient (Wildman–Crippen LogP) is 12.1. The first-order chi connectivity index (χ1) is 18.7. The zero-order chi connectivity index (χ0) is 27.3. The molecule has 0 saturated carbocycles. The molecular formula is C34H52N2S2. The highest BCUT2D eigenvalue weighted by atomic mass is 32.1. The number of aryl methyl sites for hydroxylation is 2. The average molecular weight is 553 g/mol. The fourth-order valence-electron chi connectivity index (χ4n) is 5.27. The Morgan fingerprint density at radius 3 is 1.05 bits per heavy atom. The van der Waals surface area contributed by atoms with Gasteiger partial charge in [-0.2, -0.15) is 10.5 Å². The molecule has 4 heteroatoms. The minimum absolute atomic E-state index is 0.860. The maximum Gasteiger partial charge on any atom is 0.110 e. The van der Waals surface area contributed by atoms with Gasteiger partial charge in [-0.05, 0) is 48.9 Å². The van der Waals surface area contributed by atoms with Crippen molar-refractivity contribution < 1.29 is 0 Å². The van der Waals surface area contributed by atoms with E-state index >= 15 is 0 Å². The number of unbranched alkanes of at least 4 members (excludes halogenated alkanes) is 18. The summed E-state index contributed by atoms with van der Waals surface area (Å²) in [6.07, 6.45) is 28.7. The summed E-state index contributed by atoms with van der Waals surface area (Å²) in [7, 11) is 0. The monoisotopic (exact) mass is 552 g/mol. The lowest BCUT2D eigenvalue weighted by molar-refractivity contribution is 0.556. The van der Waals surface area contributed by atoms with Crippen LogP contribution in [-0.2, 0) is 12.8 Å². The van der Waals surface area contributed by atoms with Crippen molar-refractivity contribution in [2.45, 2.75) is 155 Å². The Kier molecular flexibility index (Phi) is 18.2. The van der Waals surface area contributed by atoms with E-state index < -0.39 is 0 Å². The van der Waals surface area contributed by atoms with Crippen LogP contribution in [0.4, 0.5) is 0 Å². The van der Waals surface area contributed by atoms with Crippen molar-refractivity contribution in [1.82, 2.24) is 0 Å². The molecule has 0 fully saturated rings. The van der Waals surface area contributed by atoms with Gasteiger partial charge in [0.15, 0.2) is 0 Å². The zero-order valence-electron chi connectivity index (χ0n) is 24.4. The molecular weight excluding hydrogens is 501 g/mol. The van der Waals surface area contributed by atoms with Gasteiger partial charge in [0.25, 0.3) is 0 Å². The Balaban J connectivity index is 1.73. The van der Waals surface area contributed by atoms with Gasteiger partial charge in [0.05, 0.1) is 0 Å². The summed E-state index contributed by atoms with van der Waals surface area (Å²) in [4.78, 5) is 4.05. The summed E-state index contributed by atoms with van der Waals surface area (Å²) in [5.74, 6) is 0. The SMILES string of the molecule is CCCCCCCCCCCCc1cc(-c2cc(CCCCCCCCCCCC)c(C#N)s2)sc1C#N. The van der Waals surface area contributed by atoms with Crippen LogP contribution in [0, 0.1) is 22.7 Å². The Morgan fingerprint density at radius 1 is 0.474 bits per heavy atom. The molecule has 2 aromatic rings. The first kappa shape index (κ1) is 32.6. The second-order valence-electron chi connectivity index (χ2n) is 11.0. The quantitative estimate of drug-likeness (QED) is 0.129. The molecule has 2 rings (SSSR count). The normalized spacial score (nSPS) is 11.1. The summed E-state index contributed by atoms with van der Waals surface area (Å²) >= 11 is 3.22. The topological polar surface area (TPSA) is 47.6 Å². The van der Waals surface area contributed by atoms with Gasteiger partial charge in [0.2, 0.25) is 0 Å². The van der Waals surface area contributed by atoms with Crippen molar-refractivity contribution in [3.05, 3.63) is 33.0 Å². The number of nitrogens with zero attached hydrogens (tertiary/aromatic N) is 2. The lowest BCUT2D eigenvalue weighted by Gasteiger charge is -2.02. The first-order valence-electron chi connectivity index (χ1n) is 15.8. The van der Waals surface area contributed by atoms with Gasteiger partial charge < -0.3 is 0 Å². The van der Waals surface area contributed by atoms with Gasteiger partial charge in [0.1, 0.15) is 21.9 Å². The summed E-state index contributed by atoms with van der Waals surface area (Å²) in [5.41, 5.74) is 2.41. The maximum atomic E-state index is 9.72. The highest BCUT2D eigenvalue weighted by Crippen LogP contribution is 2.38. The second-order valence-corrected chi connectivity index (χ2v) is 13.1. The fraction of sp³-hybridized carbons (Fsp3) is 0.706. The molecule has 0 aliphatic rings. The maximum absolute atomic E-state index is 9.72. The van der Waals surface area contributed by atoms with E-state index in [1.807, 2.05) is 0 Å². The molecule has 0 aliphatic carbocycles. The number of thiophene rings is 2. The highest BCUT2D eigenvalue weighted by molar-refractivity contribution is 7.22. The van der Waals surface area contributed by atoms with Gasteiger partial charge in [-0.25, -0.2) is 0 Å². The lowest BCUT2D eigenvalue weighted by Crippen LogP contribution is -1.87. The van der Waals surface area contributed by atoms with Crippen LogP contribution in [0.25, 0.3) is 9.75 Å². The number of rotatable bonds is 23. The molecule has 2 nitrogen and oxygen atoms in total.